The van der Waals surface area contributed by atoms with Crippen molar-refractivity contribution in [3.05, 3.63) is 46.1 Å². The standard InChI is InChI=1S/C13H9Cl2N3/c14-11-4-1-8(7-12(11)15)10-3-2-9(5-6-16)18-13(10)17/h1-4,7H,5H2,(H2,17,18). The summed E-state index contributed by atoms with van der Waals surface area (Å²) in [6.45, 7) is 0. The second kappa shape index (κ2) is 5.26. The number of hydrogen-bond donors (Lipinski definition) is 1. The third kappa shape index (κ3) is 2.56. The van der Waals surface area contributed by atoms with E-state index in [2.05, 4.69) is 4.98 Å². The Hall–Kier alpha value is -1.76. The molecule has 2 rings (SSSR count). The average molecular weight is 278 g/mol. The number of nitriles is 1. The molecule has 0 saturated carbocycles. The first-order valence-electron chi connectivity index (χ1n) is 5.19. The maximum Gasteiger partial charge on any atom is 0.131 e. The Balaban J connectivity index is 2.45. The van der Waals surface area contributed by atoms with Crippen LogP contribution in [0.15, 0.2) is 30.3 Å². The minimum absolute atomic E-state index is 0.242. The van der Waals surface area contributed by atoms with E-state index in [1.165, 1.54) is 0 Å². The van der Waals surface area contributed by atoms with Crippen LogP contribution in [0.5, 0.6) is 0 Å². The molecule has 0 aliphatic carbocycles. The third-order valence-corrected chi connectivity index (χ3v) is 3.21. The molecule has 1 heterocycles. The number of nitrogen functional groups attached to an aromatic ring is 1. The highest BCUT2D eigenvalue weighted by molar-refractivity contribution is 6.42. The molecule has 0 amide bonds. The Kier molecular flexibility index (Phi) is 3.71. The van der Waals surface area contributed by atoms with Crippen molar-refractivity contribution >= 4 is 29.0 Å². The summed E-state index contributed by atoms with van der Waals surface area (Å²) < 4.78 is 0. The average Bonchev–Trinajstić information content (AvgIpc) is 2.34. The first kappa shape index (κ1) is 12.7. The highest BCUT2D eigenvalue weighted by atomic mass is 35.5. The summed E-state index contributed by atoms with van der Waals surface area (Å²) >= 11 is 11.8. The molecule has 1 aromatic carbocycles. The summed E-state index contributed by atoms with van der Waals surface area (Å²) in [5.41, 5.74) is 8.15. The quantitative estimate of drug-likeness (QED) is 0.910. The molecule has 0 radical (unpaired) electrons. The van der Waals surface area contributed by atoms with Crippen LogP contribution in [0.4, 0.5) is 5.82 Å². The molecule has 3 nitrogen and oxygen atoms in total. The van der Waals surface area contributed by atoms with E-state index in [-0.39, 0.29) is 6.42 Å². The third-order valence-electron chi connectivity index (χ3n) is 2.47. The van der Waals surface area contributed by atoms with Gasteiger partial charge in [0, 0.05) is 5.56 Å². The maximum atomic E-state index is 8.60. The summed E-state index contributed by atoms with van der Waals surface area (Å²) in [4.78, 5) is 4.17. The van der Waals surface area contributed by atoms with E-state index in [1.54, 1.807) is 18.2 Å². The van der Waals surface area contributed by atoms with Gasteiger partial charge >= 0.3 is 0 Å². The molecule has 1 aromatic heterocycles. The Labute approximate surface area is 115 Å². The lowest BCUT2D eigenvalue weighted by Gasteiger charge is -2.07. The number of pyridine rings is 1. The lowest BCUT2D eigenvalue weighted by Crippen LogP contribution is -1.98. The van der Waals surface area contributed by atoms with E-state index in [1.807, 2.05) is 18.2 Å². The zero-order chi connectivity index (χ0) is 13.1. The fourth-order valence-electron chi connectivity index (χ4n) is 1.60. The highest BCUT2D eigenvalue weighted by Crippen LogP contribution is 2.30. The SMILES string of the molecule is N#CCc1ccc(-c2ccc(Cl)c(Cl)c2)c(N)n1. The summed E-state index contributed by atoms with van der Waals surface area (Å²) in [5, 5.41) is 9.56. The summed E-state index contributed by atoms with van der Waals surface area (Å²) in [7, 11) is 0. The first-order valence-corrected chi connectivity index (χ1v) is 5.95. The molecule has 18 heavy (non-hydrogen) atoms. The van der Waals surface area contributed by atoms with Crippen molar-refractivity contribution < 1.29 is 0 Å². The number of halogens is 2. The van der Waals surface area contributed by atoms with Crippen molar-refractivity contribution in [3.8, 4) is 17.2 Å². The van der Waals surface area contributed by atoms with Gasteiger partial charge in [0.2, 0.25) is 0 Å². The molecular weight excluding hydrogens is 269 g/mol. The minimum atomic E-state index is 0.242. The van der Waals surface area contributed by atoms with E-state index in [0.717, 1.165) is 11.1 Å². The monoisotopic (exact) mass is 277 g/mol. The Morgan fingerprint density at radius 1 is 1.17 bits per heavy atom. The van der Waals surface area contributed by atoms with Crippen LogP contribution in [-0.4, -0.2) is 4.98 Å². The second-order valence-corrected chi connectivity index (χ2v) is 4.51. The number of nitrogens with two attached hydrogens (primary N) is 1. The van der Waals surface area contributed by atoms with Gasteiger partial charge < -0.3 is 5.73 Å². The summed E-state index contributed by atoms with van der Waals surface area (Å²) in [5.74, 6) is 0.376. The second-order valence-electron chi connectivity index (χ2n) is 3.70. The van der Waals surface area contributed by atoms with Gasteiger partial charge in [-0.05, 0) is 29.8 Å². The van der Waals surface area contributed by atoms with Gasteiger partial charge in [0.15, 0.2) is 0 Å². The Bertz CT molecular complexity index is 633. The number of anilines is 1. The molecule has 0 aliphatic rings. The lowest BCUT2D eigenvalue weighted by atomic mass is 10.1. The highest BCUT2D eigenvalue weighted by Gasteiger charge is 2.07. The molecule has 0 unspecified atom stereocenters. The fraction of sp³-hybridized carbons (Fsp3) is 0.0769. The van der Waals surface area contributed by atoms with Crippen molar-refractivity contribution in [2.24, 2.45) is 0 Å². The van der Waals surface area contributed by atoms with Gasteiger partial charge in [0.05, 0.1) is 28.2 Å². The Morgan fingerprint density at radius 3 is 2.56 bits per heavy atom. The van der Waals surface area contributed by atoms with Crippen molar-refractivity contribution in [1.29, 1.82) is 5.26 Å². The van der Waals surface area contributed by atoms with Crippen LogP contribution < -0.4 is 5.73 Å². The number of rotatable bonds is 2. The Morgan fingerprint density at radius 2 is 1.94 bits per heavy atom. The van der Waals surface area contributed by atoms with Crippen LogP contribution in [0.3, 0.4) is 0 Å². The van der Waals surface area contributed by atoms with Gasteiger partial charge in [-0.15, -0.1) is 0 Å². The summed E-state index contributed by atoms with van der Waals surface area (Å²) in [6, 6.07) is 10.9. The molecule has 2 N–H and O–H groups in total. The van der Waals surface area contributed by atoms with Crippen molar-refractivity contribution in [3.63, 3.8) is 0 Å². The zero-order valence-corrected chi connectivity index (χ0v) is 10.8. The largest absolute Gasteiger partial charge is 0.383 e. The molecule has 0 saturated heterocycles. The molecule has 0 atom stereocenters. The molecule has 90 valence electrons. The predicted molar refractivity (Wildman–Crippen MR) is 73.4 cm³/mol. The van der Waals surface area contributed by atoms with Crippen molar-refractivity contribution in [2.75, 3.05) is 5.73 Å². The number of benzene rings is 1. The summed E-state index contributed by atoms with van der Waals surface area (Å²) in [6.07, 6.45) is 0.242. The van der Waals surface area contributed by atoms with E-state index >= 15 is 0 Å². The molecule has 2 aromatic rings. The normalized spacial score (nSPS) is 10.1. The maximum absolute atomic E-state index is 8.60. The molecule has 0 fully saturated rings. The minimum Gasteiger partial charge on any atom is -0.383 e. The first-order chi connectivity index (χ1) is 8.61. The van der Waals surface area contributed by atoms with Crippen molar-refractivity contribution in [2.45, 2.75) is 6.42 Å². The van der Waals surface area contributed by atoms with E-state index in [4.69, 9.17) is 34.2 Å². The van der Waals surface area contributed by atoms with E-state index in [9.17, 15) is 0 Å². The molecule has 5 heteroatoms. The van der Waals surface area contributed by atoms with Crippen LogP contribution >= 0.6 is 23.2 Å². The number of aromatic nitrogens is 1. The van der Waals surface area contributed by atoms with Gasteiger partial charge in [-0.3, -0.25) is 0 Å². The number of nitrogens with zero attached hydrogens (tertiary/aromatic N) is 2. The topological polar surface area (TPSA) is 62.7 Å². The molecule has 0 aliphatic heterocycles. The van der Waals surface area contributed by atoms with Crippen LogP contribution in [0, 0.1) is 11.3 Å². The van der Waals surface area contributed by atoms with Gasteiger partial charge in [0.25, 0.3) is 0 Å². The molecular formula is C13H9Cl2N3. The smallest absolute Gasteiger partial charge is 0.131 e. The fourth-order valence-corrected chi connectivity index (χ4v) is 1.90. The lowest BCUT2D eigenvalue weighted by molar-refractivity contribution is 1.12. The van der Waals surface area contributed by atoms with Gasteiger partial charge in [0.1, 0.15) is 5.82 Å². The van der Waals surface area contributed by atoms with E-state index in [0.29, 0.717) is 21.6 Å². The predicted octanol–water partition coefficient (Wildman–Crippen LogP) is 3.70. The van der Waals surface area contributed by atoms with Crippen LogP contribution in [0.2, 0.25) is 10.0 Å². The van der Waals surface area contributed by atoms with Gasteiger partial charge in [-0.25, -0.2) is 4.98 Å². The molecule has 0 bridgehead atoms. The number of hydrogen-bond acceptors (Lipinski definition) is 3. The van der Waals surface area contributed by atoms with Crippen LogP contribution in [0.25, 0.3) is 11.1 Å². The van der Waals surface area contributed by atoms with Crippen LogP contribution in [-0.2, 0) is 6.42 Å². The van der Waals surface area contributed by atoms with Crippen molar-refractivity contribution in [1.82, 2.24) is 4.98 Å². The van der Waals surface area contributed by atoms with Gasteiger partial charge in [-0.2, -0.15) is 5.26 Å². The van der Waals surface area contributed by atoms with Crippen LogP contribution in [0.1, 0.15) is 5.69 Å². The van der Waals surface area contributed by atoms with E-state index < -0.39 is 0 Å². The van der Waals surface area contributed by atoms with Gasteiger partial charge in [-0.1, -0.05) is 29.3 Å². The molecule has 0 spiro atoms. The zero-order valence-electron chi connectivity index (χ0n) is 9.32.